The number of allylic oxidation sites excluding steroid dienone is 5. The van der Waals surface area contributed by atoms with Gasteiger partial charge in [0.1, 0.15) is 48.8 Å². The van der Waals surface area contributed by atoms with E-state index in [9.17, 15) is 45.6 Å². The zero-order chi connectivity index (χ0) is 58.1. The van der Waals surface area contributed by atoms with Crippen molar-refractivity contribution in [1.29, 1.82) is 0 Å². The topological polar surface area (TPSA) is 228 Å². The van der Waals surface area contributed by atoms with Crippen molar-refractivity contribution in [2.45, 2.75) is 357 Å². The molecule has 0 bridgehead atoms. The molecule has 0 aromatic carbocycles. The van der Waals surface area contributed by atoms with Gasteiger partial charge in [-0.2, -0.15) is 0 Å². The fourth-order valence-corrected chi connectivity index (χ4v) is 11.0. The average molecular weight is 1140 g/mol. The summed E-state index contributed by atoms with van der Waals surface area (Å²) in [4.78, 5) is 13.3. The van der Waals surface area contributed by atoms with Crippen LogP contribution in [0.2, 0.25) is 0 Å². The molecule has 12 unspecified atom stereocenters. The number of aliphatic hydroxyl groups is 8. The number of hydrogen-bond acceptors (Lipinski definition) is 13. The van der Waals surface area contributed by atoms with Gasteiger partial charge in [0.05, 0.1) is 32.0 Å². The van der Waals surface area contributed by atoms with Gasteiger partial charge < -0.3 is 65.1 Å². The van der Waals surface area contributed by atoms with Crippen molar-refractivity contribution in [2.75, 3.05) is 19.8 Å². The van der Waals surface area contributed by atoms with Crippen LogP contribution in [0.25, 0.3) is 0 Å². The molecule has 14 nitrogen and oxygen atoms in total. The summed E-state index contributed by atoms with van der Waals surface area (Å²) in [6.07, 6.45) is 47.5. The molecule has 0 radical (unpaired) electrons. The van der Waals surface area contributed by atoms with Crippen LogP contribution < -0.4 is 5.32 Å². The predicted octanol–water partition coefficient (Wildman–Crippen LogP) is 12.6. The Hall–Kier alpha value is -1.79. The van der Waals surface area contributed by atoms with Gasteiger partial charge in [0.2, 0.25) is 5.91 Å². The summed E-state index contributed by atoms with van der Waals surface area (Å²) in [6, 6.07) is -0.916. The van der Waals surface area contributed by atoms with E-state index >= 15 is 0 Å². The minimum atomic E-state index is -1.79. The molecule has 2 heterocycles. The monoisotopic (exact) mass is 1140 g/mol. The summed E-state index contributed by atoms with van der Waals surface area (Å²) in [5.74, 6) is -0.238. The van der Waals surface area contributed by atoms with Crippen molar-refractivity contribution in [3.8, 4) is 0 Å². The Morgan fingerprint density at radius 1 is 0.450 bits per heavy atom. The van der Waals surface area contributed by atoms with E-state index < -0.39 is 86.8 Å². The van der Waals surface area contributed by atoms with Crippen LogP contribution >= 0.6 is 0 Å². The first-order chi connectivity index (χ1) is 39.1. The minimum absolute atomic E-state index is 0.238. The molecule has 2 aliphatic heterocycles. The number of carbonyl (C=O) groups excluding carboxylic acids is 1. The fraction of sp³-hybridized carbons (Fsp3) is 0.894. The third kappa shape index (κ3) is 36.1. The van der Waals surface area contributed by atoms with E-state index in [0.717, 1.165) is 44.9 Å². The van der Waals surface area contributed by atoms with Crippen LogP contribution in [0.1, 0.15) is 284 Å². The first kappa shape index (κ1) is 74.3. The molecule has 2 saturated heterocycles. The van der Waals surface area contributed by atoms with Gasteiger partial charge in [0, 0.05) is 6.42 Å². The third-order valence-electron chi connectivity index (χ3n) is 16.3. The Labute approximate surface area is 487 Å². The maximum atomic E-state index is 13.3. The van der Waals surface area contributed by atoms with Crippen molar-refractivity contribution in [1.82, 2.24) is 5.32 Å². The van der Waals surface area contributed by atoms with E-state index in [0.29, 0.717) is 6.42 Å². The smallest absolute Gasteiger partial charge is 0.220 e. The Morgan fingerprint density at radius 2 is 0.825 bits per heavy atom. The molecule has 0 aliphatic carbocycles. The summed E-state index contributed by atoms with van der Waals surface area (Å²) in [7, 11) is 0. The molecule has 14 heteroatoms. The van der Waals surface area contributed by atoms with Crippen molar-refractivity contribution < 1.29 is 64.6 Å². The zero-order valence-electron chi connectivity index (χ0n) is 50.8. The second-order valence-electron chi connectivity index (χ2n) is 23.6. The Morgan fingerprint density at radius 3 is 1.25 bits per heavy atom. The van der Waals surface area contributed by atoms with Crippen LogP contribution in [0.4, 0.5) is 0 Å². The standard InChI is InChI=1S/C66H123NO13/c1-3-5-7-9-11-13-15-17-19-21-23-25-27-29-31-33-35-37-39-41-43-45-47-49-55(70)54(53-77-65-63(76)61(74)64(57(52-69)79-65)80-66-62(75)60(73)59(72)56(51-68)78-66)67-58(71)50-48-46-44-42-40-38-36-34-32-30-28-26-24-22-20-18-16-14-12-10-8-6-4-2/h16,18,22,24,47,49,54-57,59-66,68-70,72-76H,3-15,17,19-21,23,25-46,48,50-53H2,1-2H3,(H,67,71)/b18-16-,24-22-,49-47+. The average Bonchev–Trinajstić information content (AvgIpc) is 3.46. The highest BCUT2D eigenvalue weighted by Gasteiger charge is 2.51. The summed E-state index contributed by atoms with van der Waals surface area (Å²) >= 11 is 0. The Balaban J connectivity index is 1.72. The van der Waals surface area contributed by atoms with Crippen LogP contribution in [0.5, 0.6) is 0 Å². The lowest BCUT2D eigenvalue weighted by Crippen LogP contribution is -2.65. The second kappa shape index (κ2) is 51.6. The van der Waals surface area contributed by atoms with Crippen molar-refractivity contribution in [3.05, 3.63) is 36.5 Å². The highest BCUT2D eigenvalue weighted by Crippen LogP contribution is 2.30. The lowest BCUT2D eigenvalue weighted by atomic mass is 9.97. The van der Waals surface area contributed by atoms with Gasteiger partial charge >= 0.3 is 0 Å². The number of ether oxygens (including phenoxy) is 4. The van der Waals surface area contributed by atoms with Crippen LogP contribution in [0, 0.1) is 0 Å². The molecule has 0 spiro atoms. The molecular formula is C66H123NO13. The number of nitrogens with one attached hydrogen (secondary N) is 1. The molecule has 9 N–H and O–H groups in total. The van der Waals surface area contributed by atoms with Gasteiger partial charge in [-0.3, -0.25) is 4.79 Å². The summed E-state index contributed by atoms with van der Waals surface area (Å²) in [5.41, 5.74) is 0. The van der Waals surface area contributed by atoms with Crippen LogP contribution in [-0.4, -0.2) is 140 Å². The molecule has 0 aromatic heterocycles. The zero-order valence-corrected chi connectivity index (χ0v) is 50.8. The molecule has 2 aliphatic rings. The lowest BCUT2D eigenvalue weighted by Gasteiger charge is -2.46. The van der Waals surface area contributed by atoms with Gasteiger partial charge in [-0.15, -0.1) is 0 Å². The van der Waals surface area contributed by atoms with Crippen LogP contribution in [-0.2, 0) is 23.7 Å². The molecule has 1 amide bonds. The molecule has 0 aromatic rings. The van der Waals surface area contributed by atoms with Gasteiger partial charge in [0.25, 0.3) is 0 Å². The van der Waals surface area contributed by atoms with Crippen molar-refractivity contribution >= 4 is 5.91 Å². The molecule has 80 heavy (non-hydrogen) atoms. The number of aliphatic hydroxyl groups excluding tert-OH is 8. The fourth-order valence-electron chi connectivity index (χ4n) is 11.0. The summed E-state index contributed by atoms with van der Waals surface area (Å²) in [6.45, 7) is 2.82. The van der Waals surface area contributed by atoms with E-state index in [-0.39, 0.29) is 18.9 Å². The summed E-state index contributed by atoms with van der Waals surface area (Å²) < 4.78 is 22.8. The minimum Gasteiger partial charge on any atom is -0.394 e. The molecule has 2 fully saturated rings. The Bertz CT molecular complexity index is 1480. The molecule has 470 valence electrons. The van der Waals surface area contributed by atoms with E-state index in [1.54, 1.807) is 6.08 Å². The van der Waals surface area contributed by atoms with Crippen molar-refractivity contribution in [2.24, 2.45) is 0 Å². The normalized spacial score (nSPS) is 24.4. The van der Waals surface area contributed by atoms with E-state index in [2.05, 4.69) is 43.5 Å². The third-order valence-corrected chi connectivity index (χ3v) is 16.3. The number of carbonyl (C=O) groups is 1. The van der Waals surface area contributed by atoms with Gasteiger partial charge in [0.15, 0.2) is 12.6 Å². The SMILES string of the molecule is CCCCCCC/C=C\C/C=C\CCCCCCCCCCCCCC(=O)NC(COC1OC(CO)C(OC2OC(CO)C(O)C(O)C2O)C(O)C1O)C(O)/C=C/CCCCCCCCCCCCCCCCCCCCCCC. The highest BCUT2D eigenvalue weighted by atomic mass is 16.7. The largest absolute Gasteiger partial charge is 0.394 e. The lowest BCUT2D eigenvalue weighted by molar-refractivity contribution is -0.359. The first-order valence-corrected chi connectivity index (χ1v) is 33.2. The predicted molar refractivity (Wildman–Crippen MR) is 323 cm³/mol. The Kier molecular flexibility index (Phi) is 47.9. The molecular weight excluding hydrogens is 1010 g/mol. The number of rotatable bonds is 54. The molecule has 12 atom stereocenters. The number of amides is 1. The number of unbranched alkanes of at least 4 members (excludes halogenated alkanes) is 37. The van der Waals surface area contributed by atoms with Gasteiger partial charge in [-0.05, 0) is 51.4 Å². The maximum absolute atomic E-state index is 13.3. The molecule has 0 saturated carbocycles. The number of hydrogen-bond donors (Lipinski definition) is 9. The highest BCUT2D eigenvalue weighted by molar-refractivity contribution is 5.76. The summed E-state index contributed by atoms with van der Waals surface area (Å²) in [5, 5.41) is 87.3. The second-order valence-corrected chi connectivity index (χ2v) is 23.6. The first-order valence-electron chi connectivity index (χ1n) is 33.2. The maximum Gasteiger partial charge on any atom is 0.220 e. The van der Waals surface area contributed by atoms with Gasteiger partial charge in [-0.25, -0.2) is 0 Å². The molecule has 2 rings (SSSR count). The van der Waals surface area contributed by atoms with E-state index in [1.807, 2.05) is 6.08 Å². The van der Waals surface area contributed by atoms with Crippen LogP contribution in [0.15, 0.2) is 36.5 Å². The van der Waals surface area contributed by atoms with E-state index in [4.69, 9.17) is 18.9 Å². The van der Waals surface area contributed by atoms with Crippen LogP contribution in [0.3, 0.4) is 0 Å². The van der Waals surface area contributed by atoms with E-state index in [1.165, 1.54) is 212 Å². The van der Waals surface area contributed by atoms with Gasteiger partial charge in [-0.1, -0.05) is 262 Å². The quantitative estimate of drug-likeness (QED) is 0.0204. The van der Waals surface area contributed by atoms with Crippen molar-refractivity contribution in [3.63, 3.8) is 0 Å².